The first-order valence-electron chi connectivity index (χ1n) is 11.4. The molecule has 0 fully saturated rings. The Balaban J connectivity index is 1.51. The van der Waals surface area contributed by atoms with Crippen molar-refractivity contribution < 1.29 is 0 Å². The van der Waals surface area contributed by atoms with Crippen molar-refractivity contribution >= 4 is 23.0 Å². The summed E-state index contributed by atoms with van der Waals surface area (Å²) in [4.78, 5) is 5.14. The third-order valence-electron chi connectivity index (χ3n) is 6.57. The first-order valence-corrected chi connectivity index (χ1v) is 12.2. The molecule has 2 aliphatic rings. The average molecular weight is 436 g/mol. The highest BCUT2D eigenvalue weighted by atomic mass is 32.2. The van der Waals surface area contributed by atoms with E-state index in [0.29, 0.717) is 0 Å². The van der Waals surface area contributed by atoms with Gasteiger partial charge in [0.25, 0.3) is 0 Å². The third-order valence-corrected chi connectivity index (χ3v) is 7.79. The molecule has 3 aromatic carbocycles. The summed E-state index contributed by atoms with van der Waals surface area (Å²) in [6.07, 6.45) is 10.2. The second-order valence-electron chi connectivity index (χ2n) is 8.84. The fourth-order valence-electron chi connectivity index (χ4n) is 4.83. The van der Waals surface area contributed by atoms with Gasteiger partial charge in [0, 0.05) is 33.1 Å². The van der Waals surface area contributed by atoms with Gasteiger partial charge in [-0.3, -0.25) is 0 Å². The monoisotopic (exact) mass is 435 g/mol. The maximum Gasteiger partial charge on any atom is 0.0410 e. The number of nitrogens with zero attached hydrogens (tertiary/aromatic N) is 1. The largest absolute Gasteiger partial charge is 0.342 e. The van der Waals surface area contributed by atoms with E-state index in [1.54, 1.807) is 0 Å². The molecule has 0 aromatic heterocycles. The van der Waals surface area contributed by atoms with E-state index < -0.39 is 0 Å². The summed E-state index contributed by atoms with van der Waals surface area (Å²) in [5, 5.41) is 0. The molecule has 0 N–H and O–H groups in total. The smallest absolute Gasteiger partial charge is 0.0410 e. The van der Waals surface area contributed by atoms with Crippen molar-refractivity contribution in [2.75, 3.05) is 11.4 Å². The molecule has 0 bridgehead atoms. The molecule has 160 valence electrons. The molecule has 1 heterocycles. The first kappa shape index (κ1) is 20.9. The molecular weight excluding hydrogens is 406 g/mol. The quantitative estimate of drug-likeness (QED) is 0.406. The Labute approximate surface area is 196 Å². The molecule has 0 atom stereocenters. The van der Waals surface area contributed by atoms with Crippen molar-refractivity contribution in [1.82, 2.24) is 0 Å². The highest BCUT2D eigenvalue weighted by Crippen LogP contribution is 2.51. The van der Waals surface area contributed by atoms with E-state index in [2.05, 4.69) is 123 Å². The zero-order valence-electron chi connectivity index (χ0n) is 19.0. The van der Waals surface area contributed by atoms with Crippen LogP contribution in [0.3, 0.4) is 0 Å². The van der Waals surface area contributed by atoms with Gasteiger partial charge in [0.1, 0.15) is 0 Å². The van der Waals surface area contributed by atoms with Crippen LogP contribution in [-0.4, -0.2) is 6.54 Å². The molecule has 1 aliphatic carbocycles. The van der Waals surface area contributed by atoms with Crippen LogP contribution in [-0.2, 0) is 5.41 Å². The van der Waals surface area contributed by atoms with Crippen LogP contribution in [0.5, 0.6) is 0 Å². The van der Waals surface area contributed by atoms with Crippen LogP contribution in [0.1, 0.15) is 43.9 Å². The Bertz CT molecular complexity index is 1230. The number of anilines is 1. The Morgan fingerprint density at radius 3 is 2.38 bits per heavy atom. The number of benzene rings is 3. The van der Waals surface area contributed by atoms with Gasteiger partial charge in [-0.25, -0.2) is 0 Å². The number of para-hydroxylation sites is 1. The van der Waals surface area contributed by atoms with Gasteiger partial charge in [-0.1, -0.05) is 98.4 Å². The second kappa shape index (κ2) is 8.52. The lowest BCUT2D eigenvalue weighted by atomic mass is 9.77. The summed E-state index contributed by atoms with van der Waals surface area (Å²) in [5.41, 5.74) is 7.98. The summed E-state index contributed by atoms with van der Waals surface area (Å²) in [6, 6.07) is 26.3. The van der Waals surface area contributed by atoms with E-state index >= 15 is 0 Å². The molecule has 0 unspecified atom stereocenters. The third kappa shape index (κ3) is 3.63. The lowest BCUT2D eigenvalue weighted by molar-refractivity contribution is 0.607. The fourth-order valence-corrected chi connectivity index (χ4v) is 6.36. The van der Waals surface area contributed by atoms with Gasteiger partial charge in [-0.15, -0.1) is 0 Å². The van der Waals surface area contributed by atoms with Crippen molar-refractivity contribution in [3.8, 4) is 0 Å². The van der Waals surface area contributed by atoms with Crippen LogP contribution in [0.2, 0.25) is 0 Å². The molecule has 1 aliphatic heterocycles. The van der Waals surface area contributed by atoms with Crippen molar-refractivity contribution in [1.29, 1.82) is 0 Å². The average Bonchev–Trinajstić information content (AvgIpc) is 3.06. The number of allylic oxidation sites excluding steroid dienone is 5. The highest BCUT2D eigenvalue weighted by Gasteiger charge is 2.34. The first-order chi connectivity index (χ1) is 15.6. The highest BCUT2D eigenvalue weighted by molar-refractivity contribution is 7.99. The molecule has 32 heavy (non-hydrogen) atoms. The number of rotatable bonds is 4. The maximum atomic E-state index is 2.38. The zero-order valence-corrected chi connectivity index (χ0v) is 19.8. The summed E-state index contributed by atoms with van der Waals surface area (Å²) in [6.45, 7) is 7.86. The van der Waals surface area contributed by atoms with Crippen LogP contribution < -0.4 is 4.90 Å². The Morgan fingerprint density at radius 2 is 1.56 bits per heavy atom. The van der Waals surface area contributed by atoms with Crippen LogP contribution in [0.15, 0.2) is 113 Å². The van der Waals surface area contributed by atoms with E-state index in [1.165, 1.54) is 43.4 Å². The SMILES string of the molecule is CCN(C1=CCC=C(c2cccc3c2Sc2ccccc2C3(C)C)C=C1)c1ccccc1. The van der Waals surface area contributed by atoms with Crippen molar-refractivity contribution in [2.24, 2.45) is 0 Å². The lowest BCUT2D eigenvalue weighted by Gasteiger charge is -2.35. The normalized spacial score (nSPS) is 16.3. The van der Waals surface area contributed by atoms with Crippen molar-refractivity contribution in [3.63, 3.8) is 0 Å². The van der Waals surface area contributed by atoms with E-state index in [1.807, 2.05) is 11.8 Å². The van der Waals surface area contributed by atoms with Gasteiger partial charge in [0.2, 0.25) is 0 Å². The van der Waals surface area contributed by atoms with Crippen LogP contribution in [0.4, 0.5) is 5.69 Å². The standard InChI is InChI=1S/C30H29NS/c1-4-31(23-13-6-5-7-14-23)24-15-10-12-22(20-21-24)25-16-11-18-27-29(25)32-28-19-9-8-17-26(28)30(27,2)3/h5-9,11-21H,4,10H2,1-3H3. The van der Waals surface area contributed by atoms with Gasteiger partial charge < -0.3 is 4.90 Å². The molecule has 0 saturated heterocycles. The maximum absolute atomic E-state index is 2.38. The van der Waals surface area contributed by atoms with E-state index in [4.69, 9.17) is 0 Å². The number of likely N-dealkylation sites (N-methyl/N-ethyl adjacent to an activating group) is 1. The van der Waals surface area contributed by atoms with Gasteiger partial charge >= 0.3 is 0 Å². The topological polar surface area (TPSA) is 3.24 Å². The van der Waals surface area contributed by atoms with Gasteiger partial charge in [-0.05, 0) is 59.9 Å². The molecule has 0 radical (unpaired) electrons. The molecule has 2 heteroatoms. The van der Waals surface area contributed by atoms with Crippen molar-refractivity contribution in [2.45, 2.75) is 42.4 Å². The summed E-state index contributed by atoms with van der Waals surface area (Å²) in [7, 11) is 0. The molecule has 5 rings (SSSR count). The van der Waals surface area contributed by atoms with Crippen LogP contribution in [0, 0.1) is 0 Å². The Kier molecular flexibility index (Phi) is 5.57. The molecule has 0 saturated carbocycles. The predicted octanol–water partition coefficient (Wildman–Crippen LogP) is 8.23. The summed E-state index contributed by atoms with van der Waals surface area (Å²) >= 11 is 1.92. The van der Waals surface area contributed by atoms with Crippen LogP contribution >= 0.6 is 11.8 Å². The van der Waals surface area contributed by atoms with Crippen LogP contribution in [0.25, 0.3) is 5.57 Å². The number of hydrogen-bond donors (Lipinski definition) is 0. The second-order valence-corrected chi connectivity index (χ2v) is 9.89. The number of fused-ring (bicyclic) bond motifs is 2. The Morgan fingerprint density at radius 1 is 0.812 bits per heavy atom. The Hall–Kier alpha value is -2.97. The molecule has 3 aromatic rings. The van der Waals surface area contributed by atoms with Gasteiger partial charge in [0.15, 0.2) is 0 Å². The minimum Gasteiger partial charge on any atom is -0.342 e. The molecular formula is C30H29NS. The van der Waals surface area contributed by atoms with Gasteiger partial charge in [-0.2, -0.15) is 0 Å². The minimum absolute atomic E-state index is 0.00206. The molecule has 1 nitrogen and oxygen atoms in total. The minimum atomic E-state index is -0.00206. The predicted molar refractivity (Wildman–Crippen MR) is 138 cm³/mol. The van der Waals surface area contributed by atoms with E-state index in [-0.39, 0.29) is 5.41 Å². The summed E-state index contributed by atoms with van der Waals surface area (Å²) in [5.74, 6) is 0. The molecule has 0 spiro atoms. The zero-order chi connectivity index (χ0) is 22.1. The van der Waals surface area contributed by atoms with E-state index in [0.717, 1.165) is 13.0 Å². The van der Waals surface area contributed by atoms with Crippen molar-refractivity contribution in [3.05, 3.63) is 119 Å². The fraction of sp³-hybridized carbons (Fsp3) is 0.200. The molecule has 0 amide bonds. The summed E-state index contributed by atoms with van der Waals surface area (Å²) < 4.78 is 0. The number of hydrogen-bond acceptors (Lipinski definition) is 2. The van der Waals surface area contributed by atoms with E-state index in [9.17, 15) is 0 Å². The lowest BCUT2D eigenvalue weighted by Crippen LogP contribution is -2.24. The van der Waals surface area contributed by atoms with Gasteiger partial charge in [0.05, 0.1) is 0 Å².